The fourth-order valence-electron chi connectivity index (χ4n) is 2.90. The van der Waals surface area contributed by atoms with Crippen LogP contribution in [0.1, 0.15) is 16.7 Å². The van der Waals surface area contributed by atoms with E-state index in [0.29, 0.717) is 34.4 Å². The van der Waals surface area contributed by atoms with Gasteiger partial charge in [-0.1, -0.05) is 54.1 Å². The van der Waals surface area contributed by atoms with Crippen molar-refractivity contribution in [1.82, 2.24) is 0 Å². The number of hydrogen-bond acceptors (Lipinski definition) is 4. The van der Waals surface area contributed by atoms with Crippen molar-refractivity contribution in [2.45, 2.75) is 13.5 Å². The standard InChI is InChI=1S/C27H23ClN2O3/c1-3-14-32-26-13-8-23(28)16-21(26)15-22(17-29)27(31)30-24-9-11-25(12-10-24)33-18-20-6-4-19(2)5-7-20/h3-13,15-16H,1,14,18H2,2H3,(H,30,31)/b22-15+. The van der Waals surface area contributed by atoms with Crippen LogP contribution in [0.5, 0.6) is 11.5 Å². The highest BCUT2D eigenvalue weighted by atomic mass is 35.5. The molecule has 0 saturated heterocycles. The van der Waals surface area contributed by atoms with E-state index in [1.807, 2.05) is 37.3 Å². The van der Waals surface area contributed by atoms with E-state index < -0.39 is 5.91 Å². The van der Waals surface area contributed by atoms with E-state index in [0.717, 1.165) is 5.56 Å². The van der Waals surface area contributed by atoms with Crippen molar-refractivity contribution < 1.29 is 14.3 Å². The van der Waals surface area contributed by atoms with Gasteiger partial charge in [-0.25, -0.2) is 0 Å². The minimum atomic E-state index is -0.541. The van der Waals surface area contributed by atoms with Gasteiger partial charge in [0.15, 0.2) is 0 Å². The number of ether oxygens (including phenoxy) is 2. The van der Waals surface area contributed by atoms with Gasteiger partial charge in [-0.2, -0.15) is 5.26 Å². The largest absolute Gasteiger partial charge is 0.489 e. The minimum absolute atomic E-state index is 0.0829. The van der Waals surface area contributed by atoms with Crippen LogP contribution in [-0.2, 0) is 11.4 Å². The van der Waals surface area contributed by atoms with Gasteiger partial charge in [0.1, 0.15) is 36.4 Å². The van der Waals surface area contributed by atoms with Crippen molar-refractivity contribution in [3.05, 3.63) is 107 Å². The van der Waals surface area contributed by atoms with Gasteiger partial charge in [0, 0.05) is 16.3 Å². The smallest absolute Gasteiger partial charge is 0.266 e. The van der Waals surface area contributed by atoms with Crippen molar-refractivity contribution in [3.63, 3.8) is 0 Å². The number of carbonyl (C=O) groups is 1. The number of halogens is 1. The van der Waals surface area contributed by atoms with Crippen LogP contribution < -0.4 is 14.8 Å². The SMILES string of the molecule is C=CCOc1ccc(Cl)cc1/C=C(\C#N)C(=O)Nc1ccc(OCc2ccc(C)cc2)cc1. The van der Waals surface area contributed by atoms with E-state index in [2.05, 4.69) is 11.9 Å². The maximum Gasteiger partial charge on any atom is 0.266 e. The second kappa shape index (κ2) is 11.6. The van der Waals surface area contributed by atoms with E-state index in [4.69, 9.17) is 21.1 Å². The molecule has 0 atom stereocenters. The summed E-state index contributed by atoms with van der Waals surface area (Å²) in [7, 11) is 0. The lowest BCUT2D eigenvalue weighted by Gasteiger charge is -2.10. The first kappa shape index (κ1) is 23.6. The molecule has 0 aliphatic carbocycles. The molecule has 0 aromatic heterocycles. The lowest BCUT2D eigenvalue weighted by molar-refractivity contribution is -0.112. The summed E-state index contributed by atoms with van der Waals surface area (Å²) in [6, 6.07) is 22.0. The first-order chi connectivity index (χ1) is 16.0. The van der Waals surface area contributed by atoms with Crippen LogP contribution in [0.15, 0.2) is 85.0 Å². The Bertz CT molecular complexity index is 1190. The van der Waals surface area contributed by atoms with Crippen molar-refractivity contribution >= 4 is 29.3 Å². The molecule has 3 aromatic carbocycles. The Balaban J connectivity index is 1.67. The highest BCUT2D eigenvalue weighted by Gasteiger charge is 2.12. The quantitative estimate of drug-likeness (QED) is 0.231. The van der Waals surface area contributed by atoms with Crippen molar-refractivity contribution in [3.8, 4) is 17.6 Å². The lowest BCUT2D eigenvalue weighted by Crippen LogP contribution is -2.13. The van der Waals surface area contributed by atoms with Crippen LogP contribution in [0.4, 0.5) is 5.69 Å². The summed E-state index contributed by atoms with van der Waals surface area (Å²) in [5.74, 6) is 0.628. The number of nitrogens with one attached hydrogen (secondary N) is 1. The third kappa shape index (κ3) is 6.99. The van der Waals surface area contributed by atoms with Crippen molar-refractivity contribution in [1.29, 1.82) is 5.26 Å². The first-order valence-electron chi connectivity index (χ1n) is 10.2. The second-order valence-corrected chi connectivity index (χ2v) is 7.64. The Labute approximate surface area is 198 Å². The van der Waals surface area contributed by atoms with Crippen LogP contribution in [0.2, 0.25) is 5.02 Å². The summed E-state index contributed by atoms with van der Waals surface area (Å²) >= 11 is 6.07. The lowest BCUT2D eigenvalue weighted by atomic mass is 10.1. The molecule has 0 aliphatic rings. The monoisotopic (exact) mass is 458 g/mol. The Morgan fingerprint density at radius 1 is 1.09 bits per heavy atom. The van der Waals surface area contributed by atoms with E-state index in [9.17, 15) is 10.1 Å². The summed E-state index contributed by atoms with van der Waals surface area (Å²) in [6.07, 6.45) is 3.05. The molecule has 3 aromatic rings. The Morgan fingerprint density at radius 2 is 1.82 bits per heavy atom. The van der Waals surface area contributed by atoms with Gasteiger partial charge < -0.3 is 14.8 Å². The molecule has 0 unspecified atom stereocenters. The highest BCUT2D eigenvalue weighted by molar-refractivity contribution is 6.30. The molecule has 3 rings (SSSR count). The summed E-state index contributed by atoms with van der Waals surface area (Å²) in [5.41, 5.74) is 3.24. The van der Waals surface area contributed by atoms with Crippen LogP contribution in [0, 0.1) is 18.3 Å². The van der Waals surface area contributed by atoms with Gasteiger partial charge in [-0.05, 0) is 61.0 Å². The molecule has 1 N–H and O–H groups in total. The summed E-state index contributed by atoms with van der Waals surface area (Å²) in [6.45, 7) is 6.39. The molecule has 5 nitrogen and oxygen atoms in total. The van der Waals surface area contributed by atoms with E-state index in [1.165, 1.54) is 11.6 Å². The minimum Gasteiger partial charge on any atom is -0.489 e. The number of anilines is 1. The average Bonchev–Trinajstić information content (AvgIpc) is 2.82. The zero-order chi connectivity index (χ0) is 23.6. The zero-order valence-electron chi connectivity index (χ0n) is 18.2. The molecule has 33 heavy (non-hydrogen) atoms. The van der Waals surface area contributed by atoms with E-state index in [-0.39, 0.29) is 12.2 Å². The first-order valence-corrected chi connectivity index (χ1v) is 10.6. The van der Waals surface area contributed by atoms with Crippen LogP contribution in [0.25, 0.3) is 6.08 Å². The molecule has 1 amide bonds. The third-order valence-electron chi connectivity index (χ3n) is 4.63. The number of amides is 1. The normalized spacial score (nSPS) is 10.8. The molecule has 0 fully saturated rings. The fraction of sp³-hybridized carbons (Fsp3) is 0.111. The van der Waals surface area contributed by atoms with Crippen molar-refractivity contribution in [2.75, 3.05) is 11.9 Å². The van der Waals surface area contributed by atoms with Crippen molar-refractivity contribution in [2.24, 2.45) is 0 Å². The number of nitrogens with zero attached hydrogens (tertiary/aromatic N) is 1. The molecule has 0 aliphatic heterocycles. The number of aryl methyl sites for hydroxylation is 1. The second-order valence-electron chi connectivity index (χ2n) is 7.20. The van der Waals surface area contributed by atoms with Gasteiger partial charge in [-0.3, -0.25) is 4.79 Å². The number of carbonyl (C=O) groups excluding carboxylic acids is 1. The van der Waals surface area contributed by atoms with Gasteiger partial charge in [0.05, 0.1) is 0 Å². The maximum absolute atomic E-state index is 12.7. The molecular formula is C27H23ClN2O3. The zero-order valence-corrected chi connectivity index (χ0v) is 18.9. The van der Waals surface area contributed by atoms with Crippen LogP contribution in [0.3, 0.4) is 0 Å². The van der Waals surface area contributed by atoms with Crippen LogP contribution in [-0.4, -0.2) is 12.5 Å². The predicted molar refractivity (Wildman–Crippen MR) is 131 cm³/mol. The Hall–Kier alpha value is -4.01. The molecule has 0 saturated carbocycles. The number of nitriles is 1. The average molecular weight is 459 g/mol. The Morgan fingerprint density at radius 3 is 2.48 bits per heavy atom. The molecule has 0 heterocycles. The summed E-state index contributed by atoms with van der Waals surface area (Å²) in [4.78, 5) is 12.7. The molecule has 166 valence electrons. The van der Waals surface area contributed by atoms with Gasteiger partial charge in [0.2, 0.25) is 0 Å². The third-order valence-corrected chi connectivity index (χ3v) is 4.87. The molecular weight excluding hydrogens is 436 g/mol. The molecule has 0 radical (unpaired) electrons. The number of rotatable bonds is 9. The predicted octanol–water partition coefficient (Wildman–Crippen LogP) is 6.34. The topological polar surface area (TPSA) is 71.3 Å². The van der Waals surface area contributed by atoms with Gasteiger partial charge in [0.25, 0.3) is 5.91 Å². The maximum atomic E-state index is 12.7. The number of benzene rings is 3. The molecule has 0 spiro atoms. The van der Waals surface area contributed by atoms with Gasteiger partial charge in [-0.15, -0.1) is 0 Å². The van der Waals surface area contributed by atoms with Crippen LogP contribution >= 0.6 is 11.6 Å². The highest BCUT2D eigenvalue weighted by Crippen LogP contribution is 2.26. The molecule has 0 bridgehead atoms. The van der Waals surface area contributed by atoms with Gasteiger partial charge >= 0.3 is 0 Å². The Kier molecular flexibility index (Phi) is 8.29. The summed E-state index contributed by atoms with van der Waals surface area (Å²) < 4.78 is 11.4. The van der Waals surface area contributed by atoms with E-state index in [1.54, 1.807) is 48.5 Å². The number of hydrogen-bond donors (Lipinski definition) is 1. The molecule has 6 heteroatoms. The summed E-state index contributed by atoms with van der Waals surface area (Å²) in [5, 5.41) is 12.7. The van der Waals surface area contributed by atoms with E-state index >= 15 is 0 Å². The fourth-order valence-corrected chi connectivity index (χ4v) is 3.08.